The van der Waals surface area contributed by atoms with E-state index in [1.54, 1.807) is 83.3 Å². The molecule has 24 rings (SSSR count). The van der Waals surface area contributed by atoms with Crippen molar-refractivity contribution in [3.63, 3.8) is 0 Å². The summed E-state index contributed by atoms with van der Waals surface area (Å²) in [5.74, 6) is 6.05. The third-order valence-corrected chi connectivity index (χ3v) is 26.3. The SMILES string of the molecule is CC(C)c1nsc(Nc2nccn3c(-c4cnn(C)c4)cnc23)n1.CN(C)c1cccc(Nc2nccn3c(-c4ccsc4)cnc23)c1.CN(C)c1cccc(Nc2nccn3c(-c4cnn(C)c4)cnc23)c1.Cc1nsc(Nc2nccn3c(-c4cnn(C)c4)cnc23)c1Br.Cc1nsc(Nc2nccn3c(-c4cnn(C)c4)cnc23)n1.Cn1cc(-c2cnc3c(Nc4cccs4)nccn23)cn1. The van der Waals surface area contributed by atoms with E-state index in [9.17, 15) is 0 Å². The fraction of sp³-hybridized carbons (Fsp3) is 0.152. The van der Waals surface area contributed by atoms with E-state index in [0.29, 0.717) is 39.5 Å². The molecule has 0 atom stereocenters. The van der Waals surface area contributed by atoms with Crippen LogP contribution in [-0.2, 0) is 35.2 Å². The van der Waals surface area contributed by atoms with Gasteiger partial charge in [-0.2, -0.15) is 50.0 Å². The molecule has 0 radical (unpaired) electrons. The first-order chi connectivity index (χ1) is 67.6. The quantitative estimate of drug-likeness (QED) is 0.0389. The molecule has 0 unspecified atom stereocenters. The second kappa shape index (κ2) is 40.4. The molecule has 139 heavy (non-hydrogen) atoms. The van der Waals surface area contributed by atoms with Gasteiger partial charge in [0.15, 0.2) is 68.8 Å². The van der Waals surface area contributed by atoms with E-state index in [1.807, 2.05) is 277 Å². The van der Waals surface area contributed by atoms with E-state index in [2.05, 4.69) is 225 Å². The predicted molar refractivity (Wildman–Crippen MR) is 551 cm³/mol. The lowest BCUT2D eigenvalue weighted by atomic mass is 10.2. The van der Waals surface area contributed by atoms with E-state index in [4.69, 9.17) is 0 Å². The highest BCUT2D eigenvalue weighted by atomic mass is 79.9. The van der Waals surface area contributed by atoms with Crippen molar-refractivity contribution in [2.75, 3.05) is 69.9 Å². The molecule has 24 aromatic rings. The van der Waals surface area contributed by atoms with Gasteiger partial charge in [-0.1, -0.05) is 26.0 Å². The Labute approximate surface area is 821 Å². The Morgan fingerprint density at radius 1 is 0.353 bits per heavy atom. The van der Waals surface area contributed by atoms with E-state index in [1.165, 1.54) is 40.2 Å². The van der Waals surface area contributed by atoms with Gasteiger partial charge in [0.05, 0.1) is 117 Å². The van der Waals surface area contributed by atoms with Gasteiger partial charge >= 0.3 is 0 Å². The van der Waals surface area contributed by atoms with Crippen LogP contribution < -0.4 is 41.7 Å². The average Bonchev–Trinajstić information content (AvgIpc) is 1.76. The van der Waals surface area contributed by atoms with Gasteiger partial charge in [-0.15, -0.1) is 11.3 Å². The summed E-state index contributed by atoms with van der Waals surface area (Å²) in [7, 11) is 17.6. The first-order valence-electron chi connectivity index (χ1n) is 43.0. The van der Waals surface area contributed by atoms with Crippen molar-refractivity contribution in [3.8, 4) is 67.5 Å². The molecule has 2 aromatic carbocycles. The summed E-state index contributed by atoms with van der Waals surface area (Å²) in [6.45, 7) is 7.95. The molecule has 47 heteroatoms. The zero-order valence-electron chi connectivity index (χ0n) is 76.9. The van der Waals surface area contributed by atoms with Gasteiger partial charge < -0.3 is 41.7 Å². The van der Waals surface area contributed by atoms with Crippen LogP contribution in [-0.4, -0.2) is 186 Å². The van der Waals surface area contributed by atoms with Crippen LogP contribution in [0.3, 0.4) is 0 Å². The van der Waals surface area contributed by atoms with Crippen LogP contribution in [0, 0.1) is 13.8 Å². The van der Waals surface area contributed by atoms with Gasteiger partial charge in [0.2, 0.25) is 10.3 Å². The van der Waals surface area contributed by atoms with Crippen LogP contribution in [0.2, 0.25) is 0 Å². The first kappa shape index (κ1) is 91.4. The minimum Gasteiger partial charge on any atom is -0.378 e. The molecule has 0 aliphatic carbocycles. The van der Waals surface area contributed by atoms with E-state index in [0.717, 1.165) is 162 Å². The van der Waals surface area contributed by atoms with E-state index in [-0.39, 0.29) is 0 Å². The van der Waals surface area contributed by atoms with Crippen LogP contribution in [0.4, 0.5) is 77.9 Å². The molecule has 0 fully saturated rings. The molecule has 0 saturated carbocycles. The van der Waals surface area contributed by atoms with Gasteiger partial charge in [-0.25, -0.2) is 69.8 Å². The molecule has 698 valence electrons. The lowest BCUT2D eigenvalue weighted by Gasteiger charge is -2.14. The number of hydrogen-bond acceptors (Lipinski definition) is 35. The number of hydrogen-bond donors (Lipinski definition) is 6. The summed E-state index contributed by atoms with van der Waals surface area (Å²) in [6.07, 6.45) is 51.9. The lowest BCUT2D eigenvalue weighted by Crippen LogP contribution is -2.08. The van der Waals surface area contributed by atoms with Crippen molar-refractivity contribution in [2.45, 2.75) is 33.6 Å². The van der Waals surface area contributed by atoms with Crippen molar-refractivity contribution in [1.82, 2.24) is 158 Å². The van der Waals surface area contributed by atoms with Crippen molar-refractivity contribution in [2.24, 2.45) is 35.2 Å². The molecule has 22 heterocycles. The summed E-state index contributed by atoms with van der Waals surface area (Å²) in [6, 6.07) is 22.5. The topological polar surface area (TPSA) is 413 Å². The molecule has 0 bridgehead atoms. The van der Waals surface area contributed by atoms with Crippen LogP contribution in [0.15, 0.2) is 261 Å². The summed E-state index contributed by atoms with van der Waals surface area (Å²) < 4.78 is 34.7. The normalized spacial score (nSPS) is 11.2. The molecule has 0 spiro atoms. The summed E-state index contributed by atoms with van der Waals surface area (Å²) in [4.78, 5) is 66.4. The highest BCUT2D eigenvalue weighted by Crippen LogP contribution is 2.37. The Morgan fingerprint density at radius 2 is 0.705 bits per heavy atom. The Balaban J connectivity index is 0.000000106. The number of aromatic nitrogens is 33. The number of imidazole rings is 6. The fourth-order valence-electron chi connectivity index (χ4n) is 14.6. The zero-order chi connectivity index (χ0) is 95.9. The minimum atomic E-state index is 0.296. The molecular weight excluding hydrogens is 1920 g/mol. The Morgan fingerprint density at radius 3 is 1.01 bits per heavy atom. The highest BCUT2D eigenvalue weighted by Gasteiger charge is 2.22. The largest absolute Gasteiger partial charge is 0.378 e. The van der Waals surface area contributed by atoms with Gasteiger partial charge in [0.25, 0.3) is 0 Å². The molecule has 0 aliphatic heterocycles. The molecule has 0 amide bonds. The maximum Gasteiger partial charge on any atom is 0.208 e. The van der Waals surface area contributed by atoms with Crippen LogP contribution in [0.25, 0.3) is 101 Å². The number of fused-ring (bicyclic) bond motifs is 6. The smallest absolute Gasteiger partial charge is 0.208 e. The van der Waals surface area contributed by atoms with E-state index < -0.39 is 0 Å². The lowest BCUT2D eigenvalue weighted by molar-refractivity contribution is 0.768. The summed E-state index contributed by atoms with van der Waals surface area (Å²) in [5, 5.41) is 50.4. The number of halogens is 1. The molecular formula is C92H88BrN41S5. The number of nitrogens with zero attached hydrogens (tertiary/aromatic N) is 35. The molecule has 6 N–H and O–H groups in total. The number of benzene rings is 2. The van der Waals surface area contributed by atoms with Gasteiger partial charge in [0, 0.05) is 259 Å². The number of aryl methyl sites for hydroxylation is 7. The second-order valence-corrected chi connectivity index (χ2v) is 36.8. The number of nitrogens with one attached hydrogen (secondary N) is 6. The second-order valence-electron chi connectivity index (χ2n) is 32.0. The molecule has 0 saturated heterocycles. The summed E-state index contributed by atoms with van der Waals surface area (Å²) in [5.41, 5.74) is 21.9. The first-order valence-corrected chi connectivity index (χ1v) is 47.9. The zero-order valence-corrected chi connectivity index (χ0v) is 82.6. The monoisotopic (exact) mass is 2010 g/mol. The third kappa shape index (κ3) is 20.3. The summed E-state index contributed by atoms with van der Waals surface area (Å²) >= 11 is 10.9. The predicted octanol–water partition coefficient (Wildman–Crippen LogP) is 18.4. The molecule has 0 aliphatic rings. The maximum absolute atomic E-state index is 4.56. The fourth-order valence-corrected chi connectivity index (χ4v) is 18.3. The van der Waals surface area contributed by atoms with Crippen LogP contribution in [0.1, 0.15) is 37.1 Å². The number of anilines is 14. The standard InChI is InChI=1S/C18H19N7.C18H17N5S.C15H16N8S.C14H12BrN7S.C14H12N6S.C13H12N8S/c1-23(2)15-6-4-5-14(9-15)22-17-18-20-11-16(25(18)8-7-19-17)13-10-21-24(3)12-13;1-22(2)15-5-3-4-14(10-15)21-17-18-20-11-16(13-6-9-24-12-13)23(18)8-7-19-17;1-9(2)12-19-15(24-21-12)20-13-14-17-7-11(23(14)5-4-16-13)10-6-18-22(3)8-10;1-8-11(15)14(23-20-8)19-12-13-17-6-10(22(13)4-3-16-12)9-5-18-21(2)7-9;1-19-9-10(7-17-19)11-8-16-14-13(15-4-5-20(11)14)18-12-3-2-6-21-12;1-8-17-13(22-19-8)18-11-12-15-6-10(21(12)4-3-14-11)9-5-16-20(2)7-9/h4-12H,1-3H3,(H,19,22);3-12H,1-2H3,(H,19,21);4-9H,1-3H3,(H,16,19,20,21);3-7H,1-2H3,(H,16,19);2-9H,1H3,(H,15,18);3-7H,1-2H3,(H,14,17,18,19). The van der Waals surface area contributed by atoms with Crippen molar-refractivity contribution < 1.29 is 0 Å². The van der Waals surface area contributed by atoms with Gasteiger partial charge in [-0.05, 0) is 107 Å². The van der Waals surface area contributed by atoms with Crippen LogP contribution >= 0.6 is 73.2 Å². The van der Waals surface area contributed by atoms with Crippen molar-refractivity contribution in [1.29, 1.82) is 0 Å². The van der Waals surface area contributed by atoms with Crippen LogP contribution in [0.5, 0.6) is 0 Å². The maximum atomic E-state index is 4.56. The van der Waals surface area contributed by atoms with Crippen molar-refractivity contribution in [3.05, 3.63) is 278 Å². The van der Waals surface area contributed by atoms with Gasteiger partial charge in [0.1, 0.15) is 16.6 Å². The van der Waals surface area contributed by atoms with Gasteiger partial charge in [-0.3, -0.25) is 49.8 Å². The number of rotatable bonds is 21. The average molecular weight is 2010 g/mol. The number of thiophene rings is 2. The molecule has 22 aromatic heterocycles. The Hall–Kier alpha value is -16.8. The Bertz CT molecular complexity index is 8330. The third-order valence-electron chi connectivity index (χ3n) is 21.4. The van der Waals surface area contributed by atoms with E-state index >= 15 is 0 Å². The molecule has 41 nitrogen and oxygen atoms in total. The van der Waals surface area contributed by atoms with Crippen molar-refractivity contribution >= 4 is 185 Å². The minimum absolute atomic E-state index is 0.296. The highest BCUT2D eigenvalue weighted by molar-refractivity contribution is 9.10. The Kier molecular flexibility index (Phi) is 26.6.